The van der Waals surface area contributed by atoms with E-state index in [0.29, 0.717) is 65.5 Å². The van der Waals surface area contributed by atoms with Gasteiger partial charge in [-0.25, -0.2) is 19.4 Å². The van der Waals surface area contributed by atoms with Crippen molar-refractivity contribution in [3.63, 3.8) is 0 Å². The zero-order valence-electron chi connectivity index (χ0n) is 26.3. The number of carbonyl (C=O) groups excluding carboxylic acids is 1. The molecule has 1 aromatic heterocycles. The summed E-state index contributed by atoms with van der Waals surface area (Å²) in [6.07, 6.45) is 7.55. The van der Waals surface area contributed by atoms with Crippen LogP contribution in [-0.4, -0.2) is 85.0 Å². The van der Waals surface area contributed by atoms with Gasteiger partial charge in [-0.05, 0) is 55.9 Å². The number of fused-ring (bicyclic) bond motifs is 2. The number of morpholine rings is 1. The Morgan fingerprint density at radius 2 is 2.02 bits per heavy atom. The van der Waals surface area contributed by atoms with Crippen LogP contribution in [0.25, 0.3) is 0 Å². The van der Waals surface area contributed by atoms with Crippen molar-refractivity contribution >= 4 is 46.2 Å². The molecule has 3 atom stereocenters. The number of aromatic nitrogens is 2. The number of rotatable bonds is 10. The maximum Gasteiger partial charge on any atom is 0.247 e. The van der Waals surface area contributed by atoms with E-state index in [0.717, 1.165) is 57.6 Å². The number of halogens is 2. The molecule has 4 saturated heterocycles. The molecular formula is C34H39ClFN7O4. The van der Waals surface area contributed by atoms with Crippen molar-refractivity contribution in [2.75, 3.05) is 60.6 Å². The number of likely N-dealkylation sites (tertiary alicyclic amines) is 1. The number of ether oxygens (including phenoxy) is 2. The van der Waals surface area contributed by atoms with Crippen molar-refractivity contribution in [1.29, 1.82) is 0 Å². The molecule has 11 nitrogen and oxygen atoms in total. The van der Waals surface area contributed by atoms with Crippen LogP contribution in [0.4, 0.5) is 33.1 Å². The van der Waals surface area contributed by atoms with Gasteiger partial charge in [-0.3, -0.25) is 14.5 Å². The van der Waals surface area contributed by atoms with Crippen LogP contribution in [0.3, 0.4) is 0 Å². The monoisotopic (exact) mass is 663 g/mol. The minimum atomic E-state index is -0.444. The zero-order valence-corrected chi connectivity index (χ0v) is 27.1. The first-order chi connectivity index (χ1) is 22.9. The number of hydroxylamine groups is 1. The molecule has 7 rings (SSSR count). The molecule has 13 heteroatoms. The number of methoxy groups -OCH3 is 1. The van der Waals surface area contributed by atoms with E-state index >= 15 is 0 Å². The Labute approximate surface area is 278 Å². The fraction of sp³-hybridized carbons (Fsp3) is 0.441. The molecule has 4 fully saturated rings. The van der Waals surface area contributed by atoms with Gasteiger partial charge in [0.15, 0.2) is 5.82 Å². The molecule has 3 aromatic rings. The molecule has 47 heavy (non-hydrogen) atoms. The zero-order chi connectivity index (χ0) is 32.5. The first kappa shape index (κ1) is 31.6. The minimum Gasteiger partial charge on any atom is -0.494 e. The van der Waals surface area contributed by atoms with E-state index in [1.54, 1.807) is 24.3 Å². The second-order valence-corrected chi connectivity index (χ2v) is 12.8. The van der Waals surface area contributed by atoms with E-state index < -0.39 is 5.82 Å². The van der Waals surface area contributed by atoms with Crippen LogP contribution in [-0.2, 0) is 20.8 Å². The lowest BCUT2D eigenvalue weighted by molar-refractivity contribution is -0.111. The molecular weight excluding hydrogens is 625 g/mol. The van der Waals surface area contributed by atoms with Gasteiger partial charge in [0.2, 0.25) is 5.91 Å². The van der Waals surface area contributed by atoms with Gasteiger partial charge < -0.3 is 25.0 Å². The lowest BCUT2D eigenvalue weighted by Crippen LogP contribution is -2.49. The fourth-order valence-corrected chi connectivity index (χ4v) is 7.48. The second-order valence-electron chi connectivity index (χ2n) is 12.4. The highest BCUT2D eigenvalue weighted by molar-refractivity contribution is 6.31. The predicted octanol–water partition coefficient (Wildman–Crippen LogP) is 5.34. The van der Waals surface area contributed by atoms with Crippen LogP contribution >= 0.6 is 11.6 Å². The Morgan fingerprint density at radius 1 is 1.17 bits per heavy atom. The van der Waals surface area contributed by atoms with Crippen LogP contribution < -0.4 is 25.3 Å². The summed E-state index contributed by atoms with van der Waals surface area (Å²) in [5, 5.41) is 8.20. The Hall–Kier alpha value is -3.97. The van der Waals surface area contributed by atoms with E-state index in [1.165, 1.54) is 18.5 Å². The number of nitrogens with one attached hydrogen (secondary N) is 2. The lowest BCUT2D eigenvalue weighted by Gasteiger charge is -2.41. The predicted molar refractivity (Wildman–Crippen MR) is 179 cm³/mol. The summed E-state index contributed by atoms with van der Waals surface area (Å²) >= 11 is 6.25. The average molecular weight is 664 g/mol. The molecule has 1 amide bonds. The highest BCUT2D eigenvalue weighted by Crippen LogP contribution is 2.41. The van der Waals surface area contributed by atoms with Crippen LogP contribution in [0, 0.1) is 5.82 Å². The number of amides is 1. The van der Waals surface area contributed by atoms with Gasteiger partial charge >= 0.3 is 0 Å². The standard InChI is InChI=1S/C34H39ClFN7O4/c1-3-33(44)40-27-15-28(30(45-2)16-29(27)41-10-7-22(8-11-41)42-18-25-14-24(42)19-46-25)39-31-17-32(38-20-37-31)43-23(9-12-47-43)13-21-5-4-6-26(36)34(21)35/h3-6,15-17,20,22-25H,1,7-14,18-19H2,2H3,(H,40,44)(H,37,38,39)/t23-,24-,25-/m1/s1. The number of benzene rings is 2. The molecule has 2 N–H and O–H groups in total. The lowest BCUT2D eigenvalue weighted by atomic mass is 10.0. The summed E-state index contributed by atoms with van der Waals surface area (Å²) in [4.78, 5) is 32.3. The number of hydrogen-bond donors (Lipinski definition) is 2. The topological polar surface area (TPSA) is 104 Å². The SMILES string of the molecule is C=CC(=O)Nc1cc(Nc2cc(N3OCC[C@@H]3Cc3cccc(F)c3Cl)ncn2)c(OC)cc1N1CCC(N2C[C@H]3C[C@@H]2CO3)CC1. The molecule has 2 bridgehead atoms. The van der Waals surface area contributed by atoms with Crippen molar-refractivity contribution in [3.8, 4) is 5.75 Å². The van der Waals surface area contributed by atoms with E-state index in [1.807, 2.05) is 18.2 Å². The smallest absolute Gasteiger partial charge is 0.247 e. The van der Waals surface area contributed by atoms with Crippen molar-refractivity contribution in [3.05, 3.63) is 71.8 Å². The molecule has 4 aliphatic rings. The maximum atomic E-state index is 14.1. The number of anilines is 5. The number of hydrogen-bond acceptors (Lipinski definition) is 10. The summed E-state index contributed by atoms with van der Waals surface area (Å²) in [5.41, 5.74) is 2.86. The third-order valence-electron chi connectivity index (χ3n) is 9.62. The molecule has 0 saturated carbocycles. The molecule has 0 radical (unpaired) electrons. The molecule has 2 aromatic carbocycles. The minimum absolute atomic E-state index is 0.0929. The van der Waals surface area contributed by atoms with Gasteiger partial charge in [-0.2, -0.15) is 0 Å². The Balaban J connectivity index is 1.10. The van der Waals surface area contributed by atoms with Crippen LogP contribution in [0.5, 0.6) is 5.75 Å². The molecule has 248 valence electrons. The van der Waals surface area contributed by atoms with Crippen molar-refractivity contribution in [1.82, 2.24) is 14.9 Å². The molecule has 0 unspecified atom stereocenters. The van der Waals surface area contributed by atoms with Gasteiger partial charge in [-0.15, -0.1) is 0 Å². The summed E-state index contributed by atoms with van der Waals surface area (Å²) in [6, 6.07) is 11.4. The van der Waals surface area contributed by atoms with E-state index in [9.17, 15) is 9.18 Å². The van der Waals surface area contributed by atoms with Crippen LogP contribution in [0.1, 0.15) is 31.2 Å². The first-order valence-electron chi connectivity index (χ1n) is 16.1. The summed E-state index contributed by atoms with van der Waals surface area (Å²) in [6.45, 7) is 7.73. The maximum absolute atomic E-state index is 14.1. The quantitative estimate of drug-likeness (QED) is 0.276. The van der Waals surface area contributed by atoms with E-state index in [-0.39, 0.29) is 17.0 Å². The van der Waals surface area contributed by atoms with Gasteiger partial charge in [0.1, 0.15) is 23.7 Å². The average Bonchev–Trinajstić information content (AvgIpc) is 3.86. The molecule has 0 spiro atoms. The van der Waals surface area contributed by atoms with Crippen molar-refractivity contribution in [2.24, 2.45) is 0 Å². The molecule has 5 heterocycles. The van der Waals surface area contributed by atoms with E-state index in [4.69, 9.17) is 25.9 Å². The second kappa shape index (κ2) is 13.6. The summed E-state index contributed by atoms with van der Waals surface area (Å²) in [7, 11) is 1.62. The van der Waals surface area contributed by atoms with E-state index in [2.05, 4.69) is 37.0 Å². The number of piperidine rings is 1. The highest BCUT2D eigenvalue weighted by atomic mass is 35.5. The van der Waals surface area contributed by atoms with Crippen LogP contribution in [0.15, 0.2) is 55.4 Å². The number of carbonyl (C=O) groups is 1. The van der Waals surface area contributed by atoms with Crippen molar-refractivity contribution in [2.45, 2.75) is 56.3 Å². The van der Waals surface area contributed by atoms with Crippen molar-refractivity contribution < 1.29 is 23.5 Å². The third kappa shape index (κ3) is 6.60. The third-order valence-corrected chi connectivity index (χ3v) is 10.0. The normalized spacial score (nSPS) is 22.9. The Bertz CT molecular complexity index is 1640. The number of nitrogens with zero attached hydrogens (tertiary/aromatic N) is 5. The Kier molecular flexibility index (Phi) is 9.17. The summed E-state index contributed by atoms with van der Waals surface area (Å²) < 4.78 is 25.8. The van der Waals surface area contributed by atoms with Gasteiger partial charge in [0.05, 0.1) is 54.6 Å². The fourth-order valence-electron chi connectivity index (χ4n) is 7.28. The van der Waals surface area contributed by atoms with Gasteiger partial charge in [0, 0.05) is 43.9 Å². The molecule has 4 aliphatic heterocycles. The van der Waals surface area contributed by atoms with Gasteiger partial charge in [-0.1, -0.05) is 30.3 Å². The van der Waals surface area contributed by atoms with Gasteiger partial charge in [0.25, 0.3) is 0 Å². The molecule has 0 aliphatic carbocycles. The highest BCUT2D eigenvalue weighted by Gasteiger charge is 2.42. The van der Waals surface area contributed by atoms with Crippen LogP contribution in [0.2, 0.25) is 5.02 Å². The Morgan fingerprint density at radius 3 is 2.77 bits per heavy atom. The largest absolute Gasteiger partial charge is 0.494 e. The first-order valence-corrected chi connectivity index (χ1v) is 16.5. The summed E-state index contributed by atoms with van der Waals surface area (Å²) in [5.74, 6) is 0.911.